The summed E-state index contributed by atoms with van der Waals surface area (Å²) < 4.78 is 5.58. The fraction of sp³-hybridized carbons (Fsp3) is 0.308. The standard InChI is InChI=1S/C13H16N4O/c1-17-6-5-9-11(17)4-3-8(13(9)18-2)10-7-12(14)16-15-10/h3-4,7H,5-6H2,1-2H3,(H3,14,15,16). The number of rotatable bonds is 2. The van der Waals surface area contributed by atoms with E-state index in [0.717, 1.165) is 30.0 Å². The van der Waals surface area contributed by atoms with Gasteiger partial charge in [-0.15, -0.1) is 0 Å². The number of fused-ring (bicyclic) bond motifs is 1. The molecular weight excluding hydrogens is 228 g/mol. The predicted molar refractivity (Wildman–Crippen MR) is 72.0 cm³/mol. The van der Waals surface area contributed by atoms with E-state index in [-0.39, 0.29) is 0 Å². The number of hydrogen-bond acceptors (Lipinski definition) is 4. The van der Waals surface area contributed by atoms with Crippen LogP contribution < -0.4 is 15.4 Å². The van der Waals surface area contributed by atoms with Crippen LogP contribution in [0.15, 0.2) is 18.2 Å². The third-order valence-electron chi connectivity index (χ3n) is 3.44. The van der Waals surface area contributed by atoms with Crippen LogP contribution in [-0.2, 0) is 6.42 Å². The van der Waals surface area contributed by atoms with Crippen molar-refractivity contribution in [3.63, 3.8) is 0 Å². The van der Waals surface area contributed by atoms with Crippen molar-refractivity contribution in [3.05, 3.63) is 23.8 Å². The molecule has 5 heteroatoms. The molecule has 1 aromatic heterocycles. The molecule has 1 aromatic carbocycles. The summed E-state index contributed by atoms with van der Waals surface area (Å²) in [6.07, 6.45) is 1.01. The van der Waals surface area contributed by atoms with Gasteiger partial charge in [0.25, 0.3) is 0 Å². The normalized spacial score (nSPS) is 13.8. The fourth-order valence-electron chi connectivity index (χ4n) is 2.54. The number of likely N-dealkylation sites (N-methyl/N-ethyl adjacent to an activating group) is 1. The van der Waals surface area contributed by atoms with Crippen molar-refractivity contribution < 1.29 is 4.74 Å². The lowest BCUT2D eigenvalue weighted by atomic mass is 10.0. The lowest BCUT2D eigenvalue weighted by molar-refractivity contribution is 0.412. The topological polar surface area (TPSA) is 67.2 Å². The number of aromatic nitrogens is 2. The van der Waals surface area contributed by atoms with Crippen LogP contribution in [-0.4, -0.2) is 30.9 Å². The van der Waals surface area contributed by atoms with Gasteiger partial charge in [0.1, 0.15) is 11.6 Å². The molecule has 3 N–H and O–H groups in total. The summed E-state index contributed by atoms with van der Waals surface area (Å²) in [6, 6.07) is 5.99. The number of hydrogen-bond donors (Lipinski definition) is 2. The summed E-state index contributed by atoms with van der Waals surface area (Å²) >= 11 is 0. The molecule has 0 spiro atoms. The van der Waals surface area contributed by atoms with Crippen LogP contribution in [0.25, 0.3) is 11.3 Å². The molecule has 1 aliphatic rings. The lowest BCUT2D eigenvalue weighted by Crippen LogP contribution is -2.12. The quantitative estimate of drug-likeness (QED) is 0.843. The van der Waals surface area contributed by atoms with Crippen LogP contribution >= 0.6 is 0 Å². The monoisotopic (exact) mass is 244 g/mol. The second-order valence-corrected chi connectivity index (χ2v) is 4.52. The number of nitrogen functional groups attached to an aromatic ring is 1. The van der Waals surface area contributed by atoms with Gasteiger partial charge in [0, 0.05) is 36.5 Å². The summed E-state index contributed by atoms with van der Waals surface area (Å²) in [5, 5.41) is 6.89. The Morgan fingerprint density at radius 3 is 2.94 bits per heavy atom. The largest absolute Gasteiger partial charge is 0.496 e. The number of anilines is 2. The van der Waals surface area contributed by atoms with E-state index in [1.54, 1.807) is 7.11 Å². The van der Waals surface area contributed by atoms with E-state index in [1.165, 1.54) is 11.3 Å². The van der Waals surface area contributed by atoms with Crippen molar-refractivity contribution in [1.29, 1.82) is 0 Å². The minimum atomic E-state index is 0.490. The van der Waals surface area contributed by atoms with Crippen molar-refractivity contribution in [2.45, 2.75) is 6.42 Å². The maximum Gasteiger partial charge on any atom is 0.145 e. The third kappa shape index (κ3) is 1.51. The molecule has 2 aromatic rings. The number of nitrogens with two attached hydrogens (primary N) is 1. The van der Waals surface area contributed by atoms with Gasteiger partial charge in [0.15, 0.2) is 0 Å². The number of ether oxygens (including phenoxy) is 1. The minimum absolute atomic E-state index is 0.490. The highest BCUT2D eigenvalue weighted by atomic mass is 16.5. The van der Waals surface area contributed by atoms with Crippen LogP contribution in [0.4, 0.5) is 11.5 Å². The molecule has 0 bridgehead atoms. The second-order valence-electron chi connectivity index (χ2n) is 4.52. The van der Waals surface area contributed by atoms with Crippen LogP contribution in [0, 0.1) is 0 Å². The molecule has 0 aliphatic carbocycles. The summed E-state index contributed by atoms with van der Waals surface area (Å²) in [4.78, 5) is 2.24. The Morgan fingerprint density at radius 2 is 2.28 bits per heavy atom. The fourth-order valence-corrected chi connectivity index (χ4v) is 2.54. The molecule has 0 fully saturated rings. The van der Waals surface area contributed by atoms with Gasteiger partial charge in [-0.1, -0.05) is 0 Å². The molecule has 0 saturated carbocycles. The van der Waals surface area contributed by atoms with Crippen molar-refractivity contribution in [2.24, 2.45) is 0 Å². The second kappa shape index (κ2) is 3.94. The van der Waals surface area contributed by atoms with Gasteiger partial charge < -0.3 is 15.4 Å². The van der Waals surface area contributed by atoms with Crippen LogP contribution in [0.2, 0.25) is 0 Å². The van der Waals surface area contributed by atoms with E-state index >= 15 is 0 Å². The molecule has 1 aliphatic heterocycles. The zero-order chi connectivity index (χ0) is 12.7. The van der Waals surface area contributed by atoms with E-state index < -0.39 is 0 Å². The molecule has 3 rings (SSSR count). The average Bonchev–Trinajstić information content (AvgIpc) is 2.95. The van der Waals surface area contributed by atoms with Gasteiger partial charge >= 0.3 is 0 Å². The molecule has 0 unspecified atom stereocenters. The number of nitrogens with one attached hydrogen (secondary N) is 1. The van der Waals surface area contributed by atoms with Crippen LogP contribution in [0.3, 0.4) is 0 Å². The summed E-state index contributed by atoms with van der Waals surface area (Å²) in [6.45, 7) is 1.03. The Kier molecular flexibility index (Phi) is 2.40. The van der Waals surface area contributed by atoms with Crippen molar-refractivity contribution >= 4 is 11.5 Å². The molecule has 0 atom stereocenters. The SMILES string of the molecule is COc1c(-c2cc(N)n[nH]2)ccc2c1CCN2C. The number of methoxy groups -OCH3 is 1. The molecule has 0 saturated heterocycles. The molecule has 94 valence electrons. The highest BCUT2D eigenvalue weighted by Gasteiger charge is 2.23. The summed E-state index contributed by atoms with van der Waals surface area (Å²) in [7, 11) is 3.80. The van der Waals surface area contributed by atoms with E-state index in [0.29, 0.717) is 5.82 Å². The van der Waals surface area contributed by atoms with E-state index in [4.69, 9.17) is 10.5 Å². The first kappa shape index (κ1) is 11.0. The first-order chi connectivity index (χ1) is 8.70. The van der Waals surface area contributed by atoms with Crippen LogP contribution in [0.1, 0.15) is 5.56 Å². The van der Waals surface area contributed by atoms with Crippen molar-refractivity contribution in [3.8, 4) is 17.0 Å². The van der Waals surface area contributed by atoms with Crippen molar-refractivity contribution in [2.75, 3.05) is 31.3 Å². The number of H-pyrrole nitrogens is 1. The van der Waals surface area contributed by atoms with Crippen molar-refractivity contribution in [1.82, 2.24) is 10.2 Å². The van der Waals surface area contributed by atoms with Gasteiger partial charge in [-0.2, -0.15) is 5.10 Å². The Balaban J connectivity index is 2.17. The molecule has 2 heterocycles. The Morgan fingerprint density at radius 1 is 1.44 bits per heavy atom. The van der Waals surface area contributed by atoms with Gasteiger partial charge in [-0.3, -0.25) is 5.10 Å². The van der Waals surface area contributed by atoms with Gasteiger partial charge in [-0.25, -0.2) is 0 Å². The predicted octanol–water partition coefficient (Wildman–Crippen LogP) is 1.66. The maximum absolute atomic E-state index is 5.65. The number of aromatic amines is 1. The molecule has 0 radical (unpaired) electrons. The van der Waals surface area contributed by atoms with E-state index in [9.17, 15) is 0 Å². The first-order valence-electron chi connectivity index (χ1n) is 5.93. The van der Waals surface area contributed by atoms with Gasteiger partial charge in [0.05, 0.1) is 12.8 Å². The molecule has 5 nitrogen and oxygen atoms in total. The van der Waals surface area contributed by atoms with Gasteiger partial charge in [-0.05, 0) is 18.6 Å². The number of benzene rings is 1. The number of nitrogens with zero attached hydrogens (tertiary/aromatic N) is 2. The molecule has 18 heavy (non-hydrogen) atoms. The summed E-state index contributed by atoms with van der Waals surface area (Å²) in [5.74, 6) is 1.41. The average molecular weight is 244 g/mol. The Labute approximate surface area is 106 Å². The first-order valence-corrected chi connectivity index (χ1v) is 5.93. The van der Waals surface area contributed by atoms with E-state index in [2.05, 4.69) is 28.2 Å². The zero-order valence-corrected chi connectivity index (χ0v) is 10.5. The Hall–Kier alpha value is -2.17. The third-order valence-corrected chi connectivity index (χ3v) is 3.44. The Bertz CT molecular complexity index is 591. The molecular formula is C13H16N4O. The minimum Gasteiger partial charge on any atom is -0.496 e. The maximum atomic E-state index is 5.65. The summed E-state index contributed by atoms with van der Waals surface area (Å²) in [5.41, 5.74) is 10.0. The smallest absolute Gasteiger partial charge is 0.145 e. The van der Waals surface area contributed by atoms with Crippen LogP contribution in [0.5, 0.6) is 5.75 Å². The highest BCUT2D eigenvalue weighted by molar-refractivity contribution is 5.77. The zero-order valence-electron chi connectivity index (χ0n) is 10.5. The highest BCUT2D eigenvalue weighted by Crippen LogP contribution is 2.41. The molecule has 0 amide bonds. The van der Waals surface area contributed by atoms with E-state index in [1.807, 2.05) is 12.1 Å². The lowest BCUT2D eigenvalue weighted by Gasteiger charge is -2.15. The van der Waals surface area contributed by atoms with Gasteiger partial charge in [0.2, 0.25) is 0 Å².